The smallest absolute Gasteiger partial charge is 0.312 e. The zero-order valence-corrected chi connectivity index (χ0v) is 9.44. The second-order valence-electron chi connectivity index (χ2n) is 3.85. The molecule has 0 N–H and O–H groups in total. The van der Waals surface area contributed by atoms with Crippen molar-refractivity contribution in [1.82, 2.24) is 0 Å². The zero-order chi connectivity index (χ0) is 11.5. The summed E-state index contributed by atoms with van der Waals surface area (Å²) in [5.74, 6) is -0.412. The third-order valence-electron chi connectivity index (χ3n) is 2.83. The molecule has 0 radical (unpaired) electrons. The van der Waals surface area contributed by atoms with Gasteiger partial charge in [0, 0.05) is 0 Å². The Labute approximate surface area is 94.8 Å². The fraction of sp³-hybridized carbons (Fsp3) is 0.214. The van der Waals surface area contributed by atoms with Crippen molar-refractivity contribution in [2.45, 2.75) is 12.8 Å². The molecule has 1 atom stereocenters. The van der Waals surface area contributed by atoms with Crippen LogP contribution in [0.1, 0.15) is 18.4 Å². The number of fused-ring (bicyclic) bond motifs is 1. The predicted molar refractivity (Wildman–Crippen MR) is 64.4 cm³/mol. The van der Waals surface area contributed by atoms with Crippen molar-refractivity contribution < 1.29 is 9.53 Å². The van der Waals surface area contributed by atoms with Crippen molar-refractivity contribution in [3.63, 3.8) is 0 Å². The van der Waals surface area contributed by atoms with Crippen molar-refractivity contribution in [3.05, 3.63) is 48.0 Å². The summed E-state index contributed by atoms with van der Waals surface area (Å²) in [6.45, 7) is 1.86. The van der Waals surface area contributed by atoms with Crippen LogP contribution in [0.5, 0.6) is 0 Å². The fourth-order valence-electron chi connectivity index (χ4n) is 1.79. The van der Waals surface area contributed by atoms with E-state index in [0.29, 0.717) is 0 Å². The third kappa shape index (κ3) is 1.91. The van der Waals surface area contributed by atoms with E-state index >= 15 is 0 Å². The van der Waals surface area contributed by atoms with Crippen molar-refractivity contribution in [2.75, 3.05) is 7.11 Å². The van der Waals surface area contributed by atoms with Gasteiger partial charge in [0.1, 0.15) is 0 Å². The lowest BCUT2D eigenvalue weighted by Gasteiger charge is -2.10. The Bertz CT molecular complexity index is 517. The van der Waals surface area contributed by atoms with Gasteiger partial charge in [0.15, 0.2) is 0 Å². The normalized spacial score (nSPS) is 12.4. The van der Waals surface area contributed by atoms with E-state index in [-0.39, 0.29) is 11.9 Å². The van der Waals surface area contributed by atoms with Crippen LogP contribution in [0, 0.1) is 0 Å². The summed E-state index contributed by atoms with van der Waals surface area (Å²) in [7, 11) is 1.42. The van der Waals surface area contributed by atoms with Crippen molar-refractivity contribution in [1.29, 1.82) is 0 Å². The van der Waals surface area contributed by atoms with Crippen LogP contribution in [-0.2, 0) is 9.53 Å². The van der Waals surface area contributed by atoms with Crippen LogP contribution in [0.4, 0.5) is 0 Å². The average Bonchev–Trinajstić information content (AvgIpc) is 2.36. The van der Waals surface area contributed by atoms with Crippen molar-refractivity contribution >= 4 is 16.7 Å². The molecule has 2 aromatic carbocycles. The minimum Gasteiger partial charge on any atom is -0.469 e. The molecule has 1 unspecified atom stereocenters. The Kier molecular flexibility index (Phi) is 2.91. The van der Waals surface area contributed by atoms with E-state index in [2.05, 4.69) is 6.07 Å². The average molecular weight is 214 g/mol. The van der Waals surface area contributed by atoms with E-state index < -0.39 is 0 Å². The van der Waals surface area contributed by atoms with Crippen LogP contribution < -0.4 is 0 Å². The minimum atomic E-state index is -0.213. The van der Waals surface area contributed by atoms with Gasteiger partial charge in [-0.25, -0.2) is 0 Å². The lowest BCUT2D eigenvalue weighted by atomic mass is 9.98. The molecule has 16 heavy (non-hydrogen) atoms. The van der Waals surface area contributed by atoms with Gasteiger partial charge >= 0.3 is 5.97 Å². The molecular formula is C14H14O2. The monoisotopic (exact) mass is 214 g/mol. The molecule has 0 aliphatic carbocycles. The van der Waals surface area contributed by atoms with Crippen LogP contribution in [0.3, 0.4) is 0 Å². The first kappa shape index (κ1) is 10.7. The molecule has 0 bridgehead atoms. The van der Waals surface area contributed by atoms with Gasteiger partial charge in [-0.2, -0.15) is 0 Å². The molecule has 82 valence electrons. The number of hydrogen-bond acceptors (Lipinski definition) is 2. The number of benzene rings is 2. The number of rotatable bonds is 2. The second kappa shape index (κ2) is 4.35. The van der Waals surface area contributed by atoms with Gasteiger partial charge in [-0.05, 0) is 23.3 Å². The van der Waals surface area contributed by atoms with E-state index in [4.69, 9.17) is 4.74 Å². The number of ether oxygens (including phenoxy) is 1. The summed E-state index contributed by atoms with van der Waals surface area (Å²) in [4.78, 5) is 11.4. The molecule has 0 aliphatic heterocycles. The molecule has 0 saturated heterocycles. The summed E-state index contributed by atoms with van der Waals surface area (Å²) in [6.07, 6.45) is 0. The summed E-state index contributed by atoms with van der Waals surface area (Å²) in [6, 6.07) is 14.1. The number of hydrogen-bond donors (Lipinski definition) is 0. The molecule has 2 heteroatoms. The third-order valence-corrected chi connectivity index (χ3v) is 2.83. The Morgan fingerprint density at radius 3 is 2.50 bits per heavy atom. The molecule has 0 spiro atoms. The Balaban J connectivity index is 2.43. The van der Waals surface area contributed by atoms with Gasteiger partial charge in [0.25, 0.3) is 0 Å². The van der Waals surface area contributed by atoms with Gasteiger partial charge < -0.3 is 4.74 Å². The molecule has 0 saturated carbocycles. The van der Waals surface area contributed by atoms with Crippen LogP contribution in [-0.4, -0.2) is 13.1 Å². The Morgan fingerprint density at radius 1 is 1.12 bits per heavy atom. The molecule has 0 fully saturated rings. The van der Waals surface area contributed by atoms with Gasteiger partial charge in [0.2, 0.25) is 0 Å². The molecule has 0 aliphatic rings. The summed E-state index contributed by atoms with van der Waals surface area (Å²) in [5.41, 5.74) is 0.991. The molecular weight excluding hydrogens is 200 g/mol. The molecule has 0 aromatic heterocycles. The van der Waals surface area contributed by atoms with Crippen LogP contribution in [0.15, 0.2) is 42.5 Å². The first-order valence-corrected chi connectivity index (χ1v) is 5.29. The summed E-state index contributed by atoms with van der Waals surface area (Å²) < 4.78 is 4.74. The Morgan fingerprint density at radius 2 is 1.81 bits per heavy atom. The van der Waals surface area contributed by atoms with Crippen LogP contribution in [0.25, 0.3) is 10.8 Å². The highest BCUT2D eigenvalue weighted by Crippen LogP contribution is 2.22. The van der Waals surface area contributed by atoms with E-state index in [0.717, 1.165) is 10.9 Å². The summed E-state index contributed by atoms with van der Waals surface area (Å²) >= 11 is 0. The van der Waals surface area contributed by atoms with Gasteiger partial charge in [-0.15, -0.1) is 0 Å². The molecule has 0 amide bonds. The lowest BCUT2D eigenvalue weighted by molar-refractivity contribution is -0.141. The van der Waals surface area contributed by atoms with E-state index in [9.17, 15) is 4.79 Å². The fourth-order valence-corrected chi connectivity index (χ4v) is 1.79. The van der Waals surface area contributed by atoms with Gasteiger partial charge in [-0.1, -0.05) is 42.5 Å². The van der Waals surface area contributed by atoms with E-state index in [1.807, 2.05) is 43.3 Å². The molecule has 2 rings (SSSR count). The topological polar surface area (TPSA) is 26.3 Å². The highest BCUT2D eigenvalue weighted by molar-refractivity contribution is 5.85. The largest absolute Gasteiger partial charge is 0.469 e. The first-order valence-electron chi connectivity index (χ1n) is 5.29. The molecule has 2 aromatic rings. The molecule has 0 heterocycles. The van der Waals surface area contributed by atoms with Gasteiger partial charge in [0.05, 0.1) is 13.0 Å². The van der Waals surface area contributed by atoms with E-state index in [1.165, 1.54) is 12.5 Å². The highest BCUT2D eigenvalue weighted by atomic mass is 16.5. The van der Waals surface area contributed by atoms with Crippen molar-refractivity contribution in [2.24, 2.45) is 0 Å². The minimum absolute atomic E-state index is 0.199. The maximum absolute atomic E-state index is 11.4. The van der Waals surface area contributed by atoms with Gasteiger partial charge in [-0.3, -0.25) is 4.79 Å². The maximum atomic E-state index is 11.4. The predicted octanol–water partition coefficient (Wildman–Crippen LogP) is 3.12. The number of methoxy groups -OCH3 is 1. The number of carbonyl (C=O) groups excluding carboxylic acids is 1. The quantitative estimate of drug-likeness (QED) is 0.718. The second-order valence-corrected chi connectivity index (χ2v) is 3.85. The van der Waals surface area contributed by atoms with Crippen molar-refractivity contribution in [3.8, 4) is 0 Å². The summed E-state index contributed by atoms with van der Waals surface area (Å²) in [5, 5.41) is 2.33. The zero-order valence-electron chi connectivity index (χ0n) is 9.44. The Hall–Kier alpha value is -1.83. The van der Waals surface area contributed by atoms with Crippen LogP contribution in [0.2, 0.25) is 0 Å². The molecule has 2 nitrogen and oxygen atoms in total. The SMILES string of the molecule is COC(=O)C(C)c1ccc2ccccc2c1. The van der Waals surface area contributed by atoms with Crippen LogP contribution >= 0.6 is 0 Å². The van der Waals surface area contributed by atoms with E-state index in [1.54, 1.807) is 0 Å². The maximum Gasteiger partial charge on any atom is 0.312 e. The number of carbonyl (C=O) groups is 1. The highest BCUT2D eigenvalue weighted by Gasteiger charge is 2.15. The lowest BCUT2D eigenvalue weighted by Crippen LogP contribution is -2.10. The number of esters is 1. The first-order chi connectivity index (χ1) is 7.72. The standard InChI is InChI=1S/C14H14O2/c1-10(14(15)16-2)12-8-7-11-5-3-4-6-13(11)9-12/h3-10H,1-2H3.